The van der Waals surface area contributed by atoms with E-state index in [2.05, 4.69) is 12.3 Å². The van der Waals surface area contributed by atoms with Crippen LogP contribution in [0.5, 0.6) is 0 Å². The number of thioether (sulfide) groups is 1. The number of rotatable bonds is 10. The van der Waals surface area contributed by atoms with E-state index in [1.165, 1.54) is 38.2 Å². The Morgan fingerprint density at radius 2 is 2.05 bits per heavy atom. The topological polar surface area (TPSA) is 38.0 Å². The van der Waals surface area contributed by atoms with Gasteiger partial charge in [0.05, 0.1) is 0 Å². The van der Waals surface area contributed by atoms with Crippen molar-refractivity contribution < 1.29 is 4.39 Å². The van der Waals surface area contributed by atoms with Crippen LogP contribution in [0.4, 0.5) is 4.39 Å². The number of unbranched alkanes of at least 4 members (excludes halogenated alkanes) is 4. The largest absolute Gasteiger partial charge is 0.271 e. The van der Waals surface area contributed by atoms with Crippen LogP contribution < -0.4 is 11.3 Å². The van der Waals surface area contributed by atoms with Crippen LogP contribution in [0.3, 0.4) is 0 Å². The smallest absolute Gasteiger partial charge is 0.124 e. The number of hydrogen-bond acceptors (Lipinski definition) is 3. The number of nitrogens with one attached hydrogen (secondary N) is 1. The summed E-state index contributed by atoms with van der Waals surface area (Å²) < 4.78 is 13.0. The molecule has 0 bridgehead atoms. The zero-order valence-corrected chi connectivity index (χ0v) is 12.5. The maximum Gasteiger partial charge on any atom is 0.124 e. The third-order valence-corrected chi connectivity index (χ3v) is 4.30. The van der Waals surface area contributed by atoms with Crippen molar-refractivity contribution in [1.29, 1.82) is 0 Å². The number of hydrazine groups is 1. The molecule has 1 unspecified atom stereocenters. The second-order valence-electron chi connectivity index (χ2n) is 4.83. The van der Waals surface area contributed by atoms with E-state index < -0.39 is 0 Å². The first-order valence-electron chi connectivity index (χ1n) is 7.10. The molecular weight excluding hydrogens is 259 g/mol. The fourth-order valence-corrected chi connectivity index (χ4v) is 2.99. The monoisotopic (exact) mass is 284 g/mol. The first-order valence-corrected chi connectivity index (χ1v) is 8.09. The molecule has 2 nitrogen and oxygen atoms in total. The Balaban J connectivity index is 2.21. The van der Waals surface area contributed by atoms with Gasteiger partial charge in [-0.15, -0.1) is 11.8 Å². The van der Waals surface area contributed by atoms with Crippen molar-refractivity contribution in [2.45, 2.75) is 56.4 Å². The van der Waals surface area contributed by atoms with Crippen LogP contribution in [-0.4, -0.2) is 11.8 Å². The second-order valence-corrected chi connectivity index (χ2v) is 5.93. The van der Waals surface area contributed by atoms with Crippen LogP contribution in [0, 0.1) is 5.82 Å². The Bertz CT molecular complexity index is 347. The standard InChI is InChI=1S/C15H25FN2S/c1-2-3-4-5-6-9-14(18-17)12-19-15-10-7-8-13(16)11-15/h7-8,10-11,14,18H,2-6,9,12,17H2,1H3. The highest BCUT2D eigenvalue weighted by molar-refractivity contribution is 7.99. The molecule has 1 aromatic rings. The van der Waals surface area contributed by atoms with Gasteiger partial charge in [-0.3, -0.25) is 11.3 Å². The molecule has 1 aromatic carbocycles. The predicted octanol–water partition coefficient (Wildman–Crippen LogP) is 4.11. The van der Waals surface area contributed by atoms with Gasteiger partial charge in [0, 0.05) is 16.7 Å². The van der Waals surface area contributed by atoms with Gasteiger partial charge in [-0.05, 0) is 24.6 Å². The highest BCUT2D eigenvalue weighted by Gasteiger charge is 2.07. The zero-order valence-electron chi connectivity index (χ0n) is 11.7. The number of hydrogen-bond donors (Lipinski definition) is 2. The third kappa shape index (κ3) is 7.55. The predicted molar refractivity (Wildman–Crippen MR) is 81.6 cm³/mol. The van der Waals surface area contributed by atoms with Crippen molar-refractivity contribution in [3.63, 3.8) is 0 Å². The summed E-state index contributed by atoms with van der Waals surface area (Å²) in [5.74, 6) is 6.27. The highest BCUT2D eigenvalue weighted by atomic mass is 32.2. The van der Waals surface area contributed by atoms with Crippen molar-refractivity contribution >= 4 is 11.8 Å². The van der Waals surface area contributed by atoms with Crippen LogP contribution in [-0.2, 0) is 0 Å². The molecule has 0 aromatic heterocycles. The van der Waals surface area contributed by atoms with Gasteiger partial charge in [0.25, 0.3) is 0 Å². The Morgan fingerprint density at radius 3 is 2.74 bits per heavy atom. The minimum atomic E-state index is -0.179. The van der Waals surface area contributed by atoms with E-state index in [4.69, 9.17) is 5.84 Å². The molecule has 0 spiro atoms. The summed E-state index contributed by atoms with van der Waals surface area (Å²) in [5, 5.41) is 0. The summed E-state index contributed by atoms with van der Waals surface area (Å²) in [5.41, 5.74) is 2.86. The van der Waals surface area contributed by atoms with Gasteiger partial charge in [0.2, 0.25) is 0 Å². The van der Waals surface area contributed by atoms with Crippen molar-refractivity contribution in [3.05, 3.63) is 30.1 Å². The normalized spacial score (nSPS) is 12.6. The van der Waals surface area contributed by atoms with Crippen LogP contribution in [0.1, 0.15) is 45.4 Å². The van der Waals surface area contributed by atoms with E-state index in [0.717, 1.165) is 17.1 Å². The molecule has 19 heavy (non-hydrogen) atoms. The van der Waals surface area contributed by atoms with Crippen molar-refractivity contribution in [3.8, 4) is 0 Å². The van der Waals surface area contributed by atoms with Gasteiger partial charge >= 0.3 is 0 Å². The van der Waals surface area contributed by atoms with Gasteiger partial charge in [0.15, 0.2) is 0 Å². The Morgan fingerprint density at radius 1 is 1.26 bits per heavy atom. The molecule has 108 valence electrons. The fraction of sp³-hybridized carbons (Fsp3) is 0.600. The van der Waals surface area contributed by atoms with E-state index in [1.807, 2.05) is 6.07 Å². The summed E-state index contributed by atoms with van der Waals surface area (Å²) in [6, 6.07) is 7.01. The third-order valence-electron chi connectivity index (χ3n) is 3.14. The van der Waals surface area contributed by atoms with Crippen molar-refractivity contribution in [2.24, 2.45) is 5.84 Å². The van der Waals surface area contributed by atoms with Gasteiger partial charge in [-0.1, -0.05) is 45.1 Å². The SMILES string of the molecule is CCCCCCCC(CSc1cccc(F)c1)NN. The van der Waals surface area contributed by atoms with Crippen molar-refractivity contribution in [1.82, 2.24) is 5.43 Å². The molecule has 1 atom stereocenters. The molecule has 0 fully saturated rings. The molecule has 3 N–H and O–H groups in total. The molecule has 0 saturated heterocycles. The lowest BCUT2D eigenvalue weighted by atomic mass is 10.1. The van der Waals surface area contributed by atoms with Gasteiger partial charge in [0.1, 0.15) is 5.82 Å². The molecule has 0 saturated carbocycles. The Hall–Kier alpha value is -0.580. The van der Waals surface area contributed by atoms with Crippen LogP contribution in [0.15, 0.2) is 29.2 Å². The van der Waals surface area contributed by atoms with E-state index in [-0.39, 0.29) is 5.82 Å². The maximum absolute atomic E-state index is 13.0. The summed E-state index contributed by atoms with van der Waals surface area (Å²) in [4.78, 5) is 0.964. The molecule has 4 heteroatoms. The number of halogens is 1. The summed E-state index contributed by atoms with van der Waals surface area (Å²) in [7, 11) is 0. The molecule has 0 aliphatic rings. The van der Waals surface area contributed by atoms with E-state index in [0.29, 0.717) is 6.04 Å². The summed E-state index contributed by atoms with van der Waals surface area (Å²) in [6.45, 7) is 2.22. The highest BCUT2D eigenvalue weighted by Crippen LogP contribution is 2.20. The zero-order chi connectivity index (χ0) is 13.9. The van der Waals surface area contributed by atoms with Gasteiger partial charge in [-0.2, -0.15) is 0 Å². The molecule has 1 rings (SSSR count). The molecule has 0 aliphatic heterocycles. The fourth-order valence-electron chi connectivity index (χ4n) is 1.96. The minimum Gasteiger partial charge on any atom is -0.271 e. The van der Waals surface area contributed by atoms with E-state index in [1.54, 1.807) is 23.9 Å². The van der Waals surface area contributed by atoms with E-state index >= 15 is 0 Å². The van der Waals surface area contributed by atoms with Crippen LogP contribution in [0.2, 0.25) is 0 Å². The van der Waals surface area contributed by atoms with E-state index in [9.17, 15) is 4.39 Å². The summed E-state index contributed by atoms with van der Waals surface area (Å²) in [6.07, 6.45) is 7.47. The van der Waals surface area contributed by atoms with Crippen LogP contribution >= 0.6 is 11.8 Å². The molecule has 0 aliphatic carbocycles. The van der Waals surface area contributed by atoms with Crippen LogP contribution in [0.25, 0.3) is 0 Å². The lowest BCUT2D eigenvalue weighted by molar-refractivity contribution is 0.497. The summed E-state index contributed by atoms with van der Waals surface area (Å²) >= 11 is 1.65. The molecule has 0 heterocycles. The molecule has 0 radical (unpaired) electrons. The Kier molecular flexibility index (Phi) is 8.88. The number of nitrogens with two attached hydrogens (primary N) is 1. The van der Waals surface area contributed by atoms with Gasteiger partial charge < -0.3 is 0 Å². The minimum absolute atomic E-state index is 0.179. The first-order chi connectivity index (χ1) is 9.26. The first kappa shape index (κ1) is 16.5. The quantitative estimate of drug-likeness (QED) is 0.294. The second kappa shape index (κ2) is 10.2. The lowest BCUT2D eigenvalue weighted by Crippen LogP contribution is -2.36. The van der Waals surface area contributed by atoms with Crippen molar-refractivity contribution in [2.75, 3.05) is 5.75 Å². The average Bonchev–Trinajstić information content (AvgIpc) is 2.42. The lowest BCUT2D eigenvalue weighted by Gasteiger charge is -2.15. The Labute approximate surface area is 120 Å². The molecule has 0 amide bonds. The average molecular weight is 284 g/mol. The molecular formula is C15H25FN2S. The number of benzene rings is 1. The van der Waals surface area contributed by atoms with Gasteiger partial charge in [-0.25, -0.2) is 4.39 Å². The maximum atomic E-state index is 13.0.